The molecule has 0 unspecified atom stereocenters. The van der Waals surface area contributed by atoms with Gasteiger partial charge in [0, 0.05) is 30.3 Å². The van der Waals surface area contributed by atoms with E-state index >= 15 is 0 Å². The molecule has 1 amide bonds. The number of halogens is 1. The second-order valence-electron chi connectivity index (χ2n) is 4.43. The second-order valence-corrected chi connectivity index (χ2v) is 4.87. The van der Waals surface area contributed by atoms with Crippen LogP contribution in [0.1, 0.15) is 30.1 Å². The number of nitrogens with zero attached hydrogens (tertiary/aromatic N) is 1. The van der Waals surface area contributed by atoms with Gasteiger partial charge in [-0.3, -0.25) is 9.59 Å². The molecule has 0 bridgehead atoms. The molecule has 0 fully saturated rings. The summed E-state index contributed by atoms with van der Waals surface area (Å²) in [4.78, 5) is 25.3. The summed E-state index contributed by atoms with van der Waals surface area (Å²) in [6.45, 7) is 2.70. The highest BCUT2D eigenvalue weighted by Crippen LogP contribution is 2.12. The normalized spacial score (nSPS) is 10.2. The molecule has 0 aliphatic heterocycles. The van der Waals surface area contributed by atoms with Gasteiger partial charge in [0.2, 0.25) is 0 Å². The van der Waals surface area contributed by atoms with Crippen molar-refractivity contribution in [2.24, 2.45) is 0 Å². The van der Waals surface area contributed by atoms with Gasteiger partial charge in [0.15, 0.2) is 0 Å². The maximum Gasteiger partial charge on any atom is 0.307 e. The Morgan fingerprint density at radius 2 is 1.90 bits per heavy atom. The number of ether oxygens (including phenoxy) is 1. The molecule has 0 aliphatic carbocycles. The van der Waals surface area contributed by atoms with Crippen molar-refractivity contribution >= 4 is 23.5 Å². The number of benzene rings is 1. The van der Waals surface area contributed by atoms with E-state index in [1.54, 1.807) is 31.2 Å². The van der Waals surface area contributed by atoms with Crippen LogP contribution in [0.4, 0.5) is 0 Å². The molecule has 1 rings (SSSR count). The molecule has 21 heavy (non-hydrogen) atoms. The van der Waals surface area contributed by atoms with Gasteiger partial charge in [-0.2, -0.15) is 0 Å². The first-order chi connectivity index (χ1) is 10.1. The van der Waals surface area contributed by atoms with Gasteiger partial charge in [0.25, 0.3) is 5.91 Å². The lowest BCUT2D eigenvalue weighted by Gasteiger charge is -2.22. The Bertz CT molecular complexity index is 461. The van der Waals surface area contributed by atoms with Crippen molar-refractivity contribution in [3.63, 3.8) is 0 Å². The van der Waals surface area contributed by atoms with Gasteiger partial charge in [-0.1, -0.05) is 11.6 Å². The van der Waals surface area contributed by atoms with Crippen LogP contribution < -0.4 is 0 Å². The fraction of sp³-hybridized carbons (Fsp3) is 0.467. The first kappa shape index (κ1) is 17.5. The van der Waals surface area contributed by atoms with Gasteiger partial charge < -0.3 is 14.7 Å². The summed E-state index contributed by atoms with van der Waals surface area (Å²) in [5.74, 6) is -0.528. The highest BCUT2D eigenvalue weighted by Gasteiger charge is 2.16. The number of rotatable bonds is 8. The van der Waals surface area contributed by atoms with E-state index in [4.69, 9.17) is 21.4 Å². The molecular weight excluding hydrogens is 294 g/mol. The van der Waals surface area contributed by atoms with E-state index in [1.807, 2.05) is 0 Å². The van der Waals surface area contributed by atoms with Crippen LogP contribution in [0.25, 0.3) is 0 Å². The van der Waals surface area contributed by atoms with Crippen molar-refractivity contribution in [2.75, 3.05) is 26.3 Å². The minimum absolute atomic E-state index is 0.0101. The fourth-order valence-corrected chi connectivity index (χ4v) is 1.94. The zero-order valence-electron chi connectivity index (χ0n) is 12.0. The molecule has 0 spiro atoms. The zero-order chi connectivity index (χ0) is 15.7. The average molecular weight is 314 g/mol. The van der Waals surface area contributed by atoms with Crippen LogP contribution in [-0.4, -0.2) is 48.2 Å². The first-order valence-electron chi connectivity index (χ1n) is 6.89. The molecule has 0 atom stereocenters. The van der Waals surface area contributed by atoms with E-state index in [-0.39, 0.29) is 31.4 Å². The molecule has 0 saturated carbocycles. The van der Waals surface area contributed by atoms with Crippen LogP contribution in [0.15, 0.2) is 24.3 Å². The summed E-state index contributed by atoms with van der Waals surface area (Å²) in [5.41, 5.74) is 0.501. The van der Waals surface area contributed by atoms with E-state index in [9.17, 15) is 9.59 Å². The van der Waals surface area contributed by atoms with Crippen LogP contribution in [0.3, 0.4) is 0 Å². The molecule has 0 heterocycles. The minimum atomic E-state index is -0.338. The quantitative estimate of drug-likeness (QED) is 0.747. The lowest BCUT2D eigenvalue weighted by atomic mass is 10.2. The summed E-state index contributed by atoms with van der Waals surface area (Å²) in [6.07, 6.45) is 0.598. The second kappa shape index (κ2) is 9.37. The zero-order valence-corrected chi connectivity index (χ0v) is 12.8. The van der Waals surface area contributed by atoms with Crippen molar-refractivity contribution < 1.29 is 19.4 Å². The molecule has 1 N–H and O–H groups in total. The van der Waals surface area contributed by atoms with Crippen LogP contribution in [-0.2, 0) is 9.53 Å². The fourth-order valence-electron chi connectivity index (χ4n) is 1.81. The van der Waals surface area contributed by atoms with Crippen LogP contribution >= 0.6 is 11.6 Å². The number of hydrogen-bond donors (Lipinski definition) is 1. The Morgan fingerprint density at radius 3 is 2.48 bits per heavy atom. The minimum Gasteiger partial charge on any atom is -0.466 e. The number of aliphatic hydroxyl groups excluding tert-OH is 1. The summed E-state index contributed by atoms with van der Waals surface area (Å²) in [7, 11) is 0. The molecule has 0 aromatic heterocycles. The predicted octanol–water partition coefficient (Wildman–Crippen LogP) is 2.12. The summed E-state index contributed by atoms with van der Waals surface area (Å²) >= 11 is 5.80. The predicted molar refractivity (Wildman–Crippen MR) is 80.3 cm³/mol. The maximum absolute atomic E-state index is 12.4. The smallest absolute Gasteiger partial charge is 0.307 e. The van der Waals surface area contributed by atoms with Crippen molar-refractivity contribution in [1.29, 1.82) is 0 Å². The van der Waals surface area contributed by atoms with Crippen molar-refractivity contribution in [3.8, 4) is 0 Å². The molecule has 0 saturated heterocycles. The van der Waals surface area contributed by atoms with Gasteiger partial charge in [-0.05, 0) is 37.6 Å². The molecular formula is C15H20ClNO4. The Balaban J connectivity index is 2.69. The number of carbonyl (C=O) groups excluding carboxylic acids is 2. The van der Waals surface area contributed by atoms with Gasteiger partial charge in [-0.25, -0.2) is 0 Å². The molecule has 6 heteroatoms. The Labute approximate surface area is 129 Å². The van der Waals surface area contributed by atoms with Crippen LogP contribution in [0, 0.1) is 0 Å². The van der Waals surface area contributed by atoms with E-state index in [1.165, 1.54) is 4.90 Å². The first-order valence-corrected chi connectivity index (χ1v) is 7.27. The van der Waals surface area contributed by atoms with E-state index in [2.05, 4.69) is 0 Å². The Kier molecular flexibility index (Phi) is 7.79. The third kappa shape index (κ3) is 6.14. The largest absolute Gasteiger partial charge is 0.466 e. The highest BCUT2D eigenvalue weighted by molar-refractivity contribution is 6.30. The maximum atomic E-state index is 12.4. The Hall–Kier alpha value is -1.59. The molecule has 0 aliphatic rings. The standard InChI is InChI=1S/C15H20ClNO4/c1-2-21-14(19)8-10-17(9-3-11-18)15(20)12-4-6-13(16)7-5-12/h4-7,18H,2-3,8-11H2,1H3. The Morgan fingerprint density at radius 1 is 1.24 bits per heavy atom. The number of carbonyl (C=O) groups is 2. The number of amides is 1. The van der Waals surface area contributed by atoms with Crippen molar-refractivity contribution in [3.05, 3.63) is 34.9 Å². The SMILES string of the molecule is CCOC(=O)CCN(CCCO)C(=O)c1ccc(Cl)cc1. The third-order valence-electron chi connectivity index (χ3n) is 2.86. The molecule has 116 valence electrons. The van der Waals surface area contributed by atoms with Gasteiger partial charge in [-0.15, -0.1) is 0 Å². The topological polar surface area (TPSA) is 66.8 Å². The van der Waals surface area contributed by atoms with E-state index in [0.29, 0.717) is 30.2 Å². The van der Waals surface area contributed by atoms with Gasteiger partial charge >= 0.3 is 5.97 Å². The van der Waals surface area contributed by atoms with Crippen molar-refractivity contribution in [2.45, 2.75) is 19.8 Å². The monoisotopic (exact) mass is 313 g/mol. The molecule has 5 nitrogen and oxygen atoms in total. The van der Waals surface area contributed by atoms with E-state index in [0.717, 1.165) is 0 Å². The van der Waals surface area contributed by atoms with E-state index < -0.39 is 0 Å². The number of hydrogen-bond acceptors (Lipinski definition) is 4. The van der Waals surface area contributed by atoms with Gasteiger partial charge in [0.05, 0.1) is 13.0 Å². The highest BCUT2D eigenvalue weighted by atomic mass is 35.5. The summed E-state index contributed by atoms with van der Waals surface area (Å²) in [6, 6.07) is 6.57. The van der Waals surface area contributed by atoms with Crippen molar-refractivity contribution in [1.82, 2.24) is 4.90 Å². The van der Waals surface area contributed by atoms with Gasteiger partial charge in [0.1, 0.15) is 0 Å². The third-order valence-corrected chi connectivity index (χ3v) is 3.11. The lowest BCUT2D eigenvalue weighted by molar-refractivity contribution is -0.143. The molecule has 1 aromatic rings. The van der Waals surface area contributed by atoms with Crippen LogP contribution in [0.2, 0.25) is 5.02 Å². The number of esters is 1. The summed E-state index contributed by atoms with van der Waals surface area (Å²) < 4.78 is 4.85. The average Bonchev–Trinajstić information content (AvgIpc) is 2.48. The lowest BCUT2D eigenvalue weighted by Crippen LogP contribution is -2.34. The molecule has 1 aromatic carbocycles. The summed E-state index contributed by atoms with van der Waals surface area (Å²) in [5, 5.41) is 9.47. The molecule has 0 radical (unpaired) electrons. The number of aliphatic hydroxyl groups is 1. The van der Waals surface area contributed by atoms with Crippen LogP contribution in [0.5, 0.6) is 0 Å².